The summed E-state index contributed by atoms with van der Waals surface area (Å²) in [5, 5.41) is 11.8. The molecule has 1 saturated heterocycles. The van der Waals surface area contributed by atoms with Crippen LogP contribution in [0.25, 0.3) is 10.6 Å². The highest BCUT2D eigenvalue weighted by atomic mass is 32.1. The predicted molar refractivity (Wildman–Crippen MR) is 88.2 cm³/mol. The second-order valence-electron chi connectivity index (χ2n) is 6.55. The topological polar surface area (TPSA) is 53.4 Å². The molecule has 25 heavy (non-hydrogen) atoms. The number of aliphatic carboxylic acids is 1. The molecule has 1 atom stereocenters. The number of halogens is 3. The number of carboxylic acids is 1. The van der Waals surface area contributed by atoms with Crippen LogP contribution in [0.3, 0.4) is 0 Å². The van der Waals surface area contributed by atoms with Crippen LogP contribution in [0, 0.1) is 5.41 Å². The Morgan fingerprint density at radius 1 is 1.36 bits per heavy atom. The summed E-state index contributed by atoms with van der Waals surface area (Å²) >= 11 is 1.37. The average molecular weight is 370 g/mol. The molecular weight excluding hydrogens is 353 g/mol. The minimum absolute atomic E-state index is 0.468. The maximum absolute atomic E-state index is 12.6. The van der Waals surface area contributed by atoms with E-state index in [4.69, 9.17) is 0 Å². The van der Waals surface area contributed by atoms with Crippen molar-refractivity contribution in [3.8, 4) is 10.6 Å². The summed E-state index contributed by atoms with van der Waals surface area (Å²) in [7, 11) is 0. The number of aromatic nitrogens is 1. The van der Waals surface area contributed by atoms with Gasteiger partial charge in [0.05, 0.1) is 16.7 Å². The molecule has 4 nitrogen and oxygen atoms in total. The molecule has 8 heteroatoms. The van der Waals surface area contributed by atoms with Crippen molar-refractivity contribution in [3.63, 3.8) is 0 Å². The molecule has 1 aromatic carbocycles. The molecule has 3 rings (SSSR count). The lowest BCUT2D eigenvalue weighted by Crippen LogP contribution is -2.31. The van der Waals surface area contributed by atoms with E-state index in [1.807, 2.05) is 10.3 Å². The van der Waals surface area contributed by atoms with Gasteiger partial charge in [-0.15, -0.1) is 11.3 Å². The number of benzene rings is 1. The highest BCUT2D eigenvalue weighted by Crippen LogP contribution is 2.33. The maximum atomic E-state index is 12.6. The minimum atomic E-state index is -4.35. The molecule has 1 aliphatic rings. The van der Waals surface area contributed by atoms with Crippen molar-refractivity contribution in [2.45, 2.75) is 26.1 Å². The van der Waals surface area contributed by atoms with E-state index in [-0.39, 0.29) is 0 Å². The van der Waals surface area contributed by atoms with Crippen LogP contribution in [0.1, 0.15) is 24.6 Å². The number of carbonyl (C=O) groups is 1. The Morgan fingerprint density at radius 3 is 2.60 bits per heavy atom. The molecular formula is C17H17F3N2O2S. The first-order chi connectivity index (χ1) is 11.7. The first-order valence-electron chi connectivity index (χ1n) is 7.75. The molecule has 0 spiro atoms. The fourth-order valence-electron chi connectivity index (χ4n) is 2.91. The average Bonchev–Trinajstić information content (AvgIpc) is 3.15. The van der Waals surface area contributed by atoms with E-state index in [0.717, 1.165) is 17.8 Å². The van der Waals surface area contributed by atoms with Gasteiger partial charge in [0.1, 0.15) is 5.01 Å². The lowest BCUT2D eigenvalue weighted by molar-refractivity contribution is -0.147. The van der Waals surface area contributed by atoms with Gasteiger partial charge in [-0.2, -0.15) is 13.2 Å². The number of rotatable bonds is 4. The van der Waals surface area contributed by atoms with E-state index >= 15 is 0 Å². The van der Waals surface area contributed by atoms with E-state index in [9.17, 15) is 23.1 Å². The second-order valence-corrected chi connectivity index (χ2v) is 7.40. The molecule has 0 aliphatic carbocycles. The third kappa shape index (κ3) is 3.85. The molecule has 1 aliphatic heterocycles. The van der Waals surface area contributed by atoms with Gasteiger partial charge in [-0.1, -0.05) is 12.1 Å². The van der Waals surface area contributed by atoms with Crippen molar-refractivity contribution >= 4 is 17.3 Å². The monoisotopic (exact) mass is 370 g/mol. The quantitative estimate of drug-likeness (QED) is 0.879. The van der Waals surface area contributed by atoms with E-state index in [0.29, 0.717) is 36.6 Å². The van der Waals surface area contributed by atoms with E-state index in [1.54, 1.807) is 6.92 Å². The Bertz CT molecular complexity index is 773. The molecule has 1 fully saturated rings. The van der Waals surface area contributed by atoms with E-state index in [1.165, 1.54) is 23.5 Å². The Labute approximate surface area is 146 Å². The van der Waals surface area contributed by atoms with Crippen LogP contribution >= 0.6 is 11.3 Å². The van der Waals surface area contributed by atoms with E-state index in [2.05, 4.69) is 4.98 Å². The number of carboxylic acid groups (broad SMARTS) is 1. The van der Waals surface area contributed by atoms with Gasteiger partial charge in [-0.05, 0) is 32.0 Å². The molecule has 0 bridgehead atoms. The normalized spacial score (nSPS) is 21.6. The van der Waals surface area contributed by atoms with Crippen LogP contribution in [0.15, 0.2) is 29.6 Å². The Balaban J connectivity index is 1.68. The number of hydrogen-bond donors (Lipinski definition) is 1. The van der Waals surface area contributed by atoms with Crippen LogP contribution in [0.5, 0.6) is 0 Å². The van der Waals surface area contributed by atoms with E-state index < -0.39 is 23.1 Å². The first-order valence-corrected chi connectivity index (χ1v) is 8.63. The van der Waals surface area contributed by atoms with Crippen LogP contribution in [0.2, 0.25) is 0 Å². The summed E-state index contributed by atoms with van der Waals surface area (Å²) < 4.78 is 37.8. The Morgan fingerprint density at radius 2 is 2.04 bits per heavy atom. The smallest absolute Gasteiger partial charge is 0.416 e. The molecule has 0 amide bonds. The standard InChI is InChI=1S/C17H17F3N2O2S/c1-16(15(23)24)6-7-22(10-16)8-13-9-25-14(21-13)11-2-4-12(5-3-11)17(18,19)20/h2-5,9H,6-8,10H2,1H3,(H,23,24). The summed E-state index contributed by atoms with van der Waals surface area (Å²) in [6, 6.07) is 4.94. The lowest BCUT2D eigenvalue weighted by atomic mass is 9.90. The molecule has 1 N–H and O–H groups in total. The first kappa shape index (κ1) is 17.9. The Hall–Kier alpha value is -1.93. The summed E-state index contributed by atoms with van der Waals surface area (Å²) in [5.74, 6) is -0.793. The zero-order valence-electron chi connectivity index (χ0n) is 13.5. The minimum Gasteiger partial charge on any atom is -0.481 e. The highest BCUT2D eigenvalue weighted by Gasteiger charge is 2.40. The van der Waals surface area contributed by atoms with Gasteiger partial charge in [-0.3, -0.25) is 9.69 Å². The van der Waals surface area contributed by atoms with Crippen LogP contribution in [0.4, 0.5) is 13.2 Å². The fourth-order valence-corrected chi connectivity index (χ4v) is 3.73. The van der Waals surface area contributed by atoms with Crippen molar-refractivity contribution < 1.29 is 23.1 Å². The Kier molecular flexibility index (Phi) is 4.59. The molecule has 1 unspecified atom stereocenters. The lowest BCUT2D eigenvalue weighted by Gasteiger charge is -2.19. The number of nitrogens with zero attached hydrogens (tertiary/aromatic N) is 2. The predicted octanol–water partition coefficient (Wildman–Crippen LogP) is 4.13. The maximum Gasteiger partial charge on any atom is 0.416 e. The second kappa shape index (κ2) is 6.42. The number of thiazole rings is 1. The van der Waals surface area contributed by atoms with Crippen molar-refractivity contribution in [2.24, 2.45) is 5.41 Å². The van der Waals surface area contributed by atoms with Crippen molar-refractivity contribution in [1.29, 1.82) is 0 Å². The summed E-state index contributed by atoms with van der Waals surface area (Å²) in [6.07, 6.45) is -3.75. The van der Waals surface area contributed by atoms with Gasteiger partial charge in [0.15, 0.2) is 0 Å². The van der Waals surface area contributed by atoms with Crippen molar-refractivity contribution in [3.05, 3.63) is 40.9 Å². The largest absolute Gasteiger partial charge is 0.481 e. The third-order valence-corrected chi connectivity index (χ3v) is 5.41. The number of hydrogen-bond acceptors (Lipinski definition) is 4. The van der Waals surface area contributed by atoms with Gasteiger partial charge >= 0.3 is 12.1 Å². The van der Waals surface area contributed by atoms with Crippen molar-refractivity contribution in [1.82, 2.24) is 9.88 Å². The zero-order chi connectivity index (χ0) is 18.2. The zero-order valence-corrected chi connectivity index (χ0v) is 14.3. The highest BCUT2D eigenvalue weighted by molar-refractivity contribution is 7.13. The third-order valence-electron chi connectivity index (χ3n) is 4.47. The summed E-state index contributed by atoms with van der Waals surface area (Å²) in [4.78, 5) is 17.8. The van der Waals surface area contributed by atoms with Crippen molar-refractivity contribution in [2.75, 3.05) is 13.1 Å². The fraction of sp³-hybridized carbons (Fsp3) is 0.412. The SMILES string of the molecule is CC1(C(=O)O)CCN(Cc2csc(-c3ccc(C(F)(F)F)cc3)n2)C1. The van der Waals surface area contributed by atoms with Gasteiger partial charge < -0.3 is 5.11 Å². The number of alkyl halides is 3. The molecule has 134 valence electrons. The summed E-state index contributed by atoms with van der Waals surface area (Å²) in [5.41, 5.74) is 0.0281. The van der Waals surface area contributed by atoms with Gasteiger partial charge in [0, 0.05) is 24.0 Å². The molecule has 2 heterocycles. The number of likely N-dealkylation sites (tertiary alicyclic amines) is 1. The van der Waals surface area contributed by atoms with Crippen LogP contribution in [-0.2, 0) is 17.5 Å². The van der Waals surface area contributed by atoms with Crippen LogP contribution < -0.4 is 0 Å². The molecule has 0 saturated carbocycles. The molecule has 1 aromatic heterocycles. The van der Waals surface area contributed by atoms with Crippen LogP contribution in [-0.4, -0.2) is 34.0 Å². The van der Waals surface area contributed by atoms with Gasteiger partial charge in [0.2, 0.25) is 0 Å². The van der Waals surface area contributed by atoms with Gasteiger partial charge in [-0.25, -0.2) is 4.98 Å². The molecule has 0 radical (unpaired) electrons. The molecule has 2 aromatic rings. The summed E-state index contributed by atoms with van der Waals surface area (Å²) in [6.45, 7) is 3.44. The van der Waals surface area contributed by atoms with Gasteiger partial charge in [0.25, 0.3) is 0 Å².